The molecular weight excluding hydrogens is 260 g/mol. The third-order valence-corrected chi connectivity index (χ3v) is 4.02. The number of carbonyl (C=O) groups excluding carboxylic acids is 1. The monoisotopic (exact) mass is 276 g/mol. The van der Waals surface area contributed by atoms with E-state index in [1.54, 1.807) is 20.2 Å². The topological polar surface area (TPSA) is 53.4 Å². The SMILES string of the molecule is CC(CO)N(C)C(=O)c1cnc(-c2ccccc2)s1. The fraction of sp³-hybridized carbons (Fsp3) is 0.286. The molecule has 1 N–H and O–H groups in total. The first kappa shape index (κ1) is 13.7. The van der Waals surface area contributed by atoms with Crippen LogP contribution in [-0.2, 0) is 0 Å². The molecule has 2 aromatic rings. The molecule has 5 heteroatoms. The fourth-order valence-electron chi connectivity index (χ4n) is 1.58. The predicted octanol–water partition coefficient (Wildman–Crippen LogP) is 2.26. The number of nitrogens with zero attached hydrogens (tertiary/aromatic N) is 2. The van der Waals surface area contributed by atoms with Crippen LogP contribution in [0.25, 0.3) is 10.6 Å². The number of amides is 1. The van der Waals surface area contributed by atoms with Crippen LogP contribution in [0.2, 0.25) is 0 Å². The average Bonchev–Trinajstić information content (AvgIpc) is 2.95. The van der Waals surface area contributed by atoms with E-state index in [1.165, 1.54) is 16.2 Å². The minimum Gasteiger partial charge on any atom is -0.394 e. The molecule has 4 nitrogen and oxygen atoms in total. The number of carbonyl (C=O) groups is 1. The summed E-state index contributed by atoms with van der Waals surface area (Å²) in [6.07, 6.45) is 1.59. The summed E-state index contributed by atoms with van der Waals surface area (Å²) in [5.41, 5.74) is 1.00. The Kier molecular flexibility index (Phi) is 4.29. The second kappa shape index (κ2) is 5.95. The Morgan fingerprint density at radius 1 is 1.42 bits per heavy atom. The lowest BCUT2D eigenvalue weighted by Gasteiger charge is -2.22. The lowest BCUT2D eigenvalue weighted by atomic mass is 10.2. The van der Waals surface area contributed by atoms with Crippen molar-refractivity contribution in [2.45, 2.75) is 13.0 Å². The lowest BCUT2D eigenvalue weighted by molar-refractivity contribution is 0.0687. The first-order chi connectivity index (χ1) is 9.13. The maximum Gasteiger partial charge on any atom is 0.265 e. The molecule has 1 atom stereocenters. The summed E-state index contributed by atoms with van der Waals surface area (Å²) in [6, 6.07) is 9.56. The number of aliphatic hydroxyl groups is 1. The molecule has 0 aliphatic carbocycles. The molecule has 100 valence electrons. The smallest absolute Gasteiger partial charge is 0.265 e. The highest BCUT2D eigenvalue weighted by atomic mass is 32.1. The van der Waals surface area contributed by atoms with Gasteiger partial charge in [-0.25, -0.2) is 4.98 Å². The molecule has 0 aliphatic rings. The molecular formula is C14H16N2O2S. The number of aliphatic hydroxyl groups excluding tert-OH is 1. The van der Waals surface area contributed by atoms with Crippen LogP contribution in [0.5, 0.6) is 0 Å². The largest absolute Gasteiger partial charge is 0.394 e. The van der Waals surface area contributed by atoms with Crippen molar-refractivity contribution in [2.24, 2.45) is 0 Å². The zero-order chi connectivity index (χ0) is 13.8. The van der Waals surface area contributed by atoms with E-state index in [4.69, 9.17) is 5.11 Å². The van der Waals surface area contributed by atoms with E-state index in [0.717, 1.165) is 10.6 Å². The van der Waals surface area contributed by atoms with Gasteiger partial charge in [0.15, 0.2) is 0 Å². The van der Waals surface area contributed by atoms with Gasteiger partial charge in [0.25, 0.3) is 5.91 Å². The zero-order valence-electron chi connectivity index (χ0n) is 10.9. The van der Waals surface area contributed by atoms with E-state index in [2.05, 4.69) is 4.98 Å². The summed E-state index contributed by atoms with van der Waals surface area (Å²) in [6.45, 7) is 1.75. The average molecular weight is 276 g/mol. The Morgan fingerprint density at radius 3 is 2.74 bits per heavy atom. The minimum absolute atomic E-state index is 0.0490. The number of rotatable bonds is 4. The standard InChI is InChI=1S/C14H16N2O2S/c1-10(9-17)16(2)14(18)12-8-15-13(19-12)11-6-4-3-5-7-11/h3-8,10,17H,9H2,1-2H3. The Morgan fingerprint density at radius 2 is 2.11 bits per heavy atom. The van der Waals surface area contributed by atoms with Crippen molar-refractivity contribution in [2.75, 3.05) is 13.7 Å². The Hall–Kier alpha value is -1.72. The van der Waals surface area contributed by atoms with Crippen LogP contribution < -0.4 is 0 Å². The molecule has 0 aliphatic heterocycles. The number of likely N-dealkylation sites (N-methyl/N-ethyl adjacent to an activating group) is 1. The third kappa shape index (κ3) is 3.00. The lowest BCUT2D eigenvalue weighted by Crippen LogP contribution is -2.36. The maximum absolute atomic E-state index is 12.2. The fourth-order valence-corrected chi connectivity index (χ4v) is 2.49. The Labute approximate surface area is 116 Å². The van der Waals surface area contributed by atoms with Crippen LogP contribution in [-0.4, -0.2) is 40.6 Å². The summed E-state index contributed by atoms with van der Waals surface area (Å²) in [7, 11) is 1.69. The Bertz CT molecular complexity index is 554. The maximum atomic E-state index is 12.2. The second-order valence-electron chi connectivity index (χ2n) is 4.34. The molecule has 0 saturated heterocycles. The number of aromatic nitrogens is 1. The summed E-state index contributed by atoms with van der Waals surface area (Å²) in [4.78, 5) is 18.6. The number of hydrogen-bond donors (Lipinski definition) is 1. The molecule has 0 fully saturated rings. The van der Waals surface area contributed by atoms with Crippen molar-refractivity contribution in [1.29, 1.82) is 0 Å². The normalized spacial score (nSPS) is 12.2. The van der Waals surface area contributed by atoms with Crippen LogP contribution in [0.3, 0.4) is 0 Å². The van der Waals surface area contributed by atoms with Crippen molar-refractivity contribution >= 4 is 17.2 Å². The van der Waals surface area contributed by atoms with Gasteiger partial charge in [0.1, 0.15) is 9.88 Å². The number of benzene rings is 1. The van der Waals surface area contributed by atoms with Gasteiger partial charge in [-0.3, -0.25) is 4.79 Å². The molecule has 0 radical (unpaired) electrons. The van der Waals surface area contributed by atoms with E-state index in [0.29, 0.717) is 4.88 Å². The van der Waals surface area contributed by atoms with Crippen molar-refractivity contribution in [3.8, 4) is 10.6 Å². The molecule has 2 rings (SSSR count). The van der Waals surface area contributed by atoms with E-state index >= 15 is 0 Å². The highest BCUT2D eigenvalue weighted by Gasteiger charge is 2.19. The summed E-state index contributed by atoms with van der Waals surface area (Å²) in [5.74, 6) is -0.110. The van der Waals surface area contributed by atoms with Gasteiger partial charge in [0.2, 0.25) is 0 Å². The van der Waals surface area contributed by atoms with Crippen LogP contribution in [0.15, 0.2) is 36.5 Å². The molecule has 0 spiro atoms. The molecule has 1 aromatic heterocycles. The van der Waals surface area contributed by atoms with Crippen LogP contribution >= 0.6 is 11.3 Å². The highest BCUT2D eigenvalue weighted by Crippen LogP contribution is 2.25. The summed E-state index contributed by atoms with van der Waals surface area (Å²) >= 11 is 1.37. The molecule has 1 heterocycles. The molecule has 1 aromatic carbocycles. The molecule has 19 heavy (non-hydrogen) atoms. The van der Waals surface area contributed by atoms with Gasteiger partial charge in [-0.2, -0.15) is 0 Å². The van der Waals surface area contributed by atoms with Crippen molar-refractivity contribution in [3.63, 3.8) is 0 Å². The number of hydrogen-bond acceptors (Lipinski definition) is 4. The quantitative estimate of drug-likeness (QED) is 0.932. The van der Waals surface area contributed by atoms with Crippen molar-refractivity contribution in [1.82, 2.24) is 9.88 Å². The minimum atomic E-state index is -0.199. The van der Waals surface area contributed by atoms with Gasteiger partial charge >= 0.3 is 0 Å². The first-order valence-electron chi connectivity index (χ1n) is 6.02. The molecule has 0 bridgehead atoms. The summed E-state index contributed by atoms with van der Waals surface area (Å²) in [5, 5.41) is 9.91. The van der Waals surface area contributed by atoms with Crippen LogP contribution in [0.1, 0.15) is 16.6 Å². The van der Waals surface area contributed by atoms with Crippen molar-refractivity contribution in [3.05, 3.63) is 41.4 Å². The van der Waals surface area contributed by atoms with Gasteiger partial charge in [-0.1, -0.05) is 30.3 Å². The van der Waals surface area contributed by atoms with E-state index in [9.17, 15) is 4.79 Å². The van der Waals surface area contributed by atoms with Crippen LogP contribution in [0, 0.1) is 0 Å². The predicted molar refractivity (Wildman–Crippen MR) is 76.2 cm³/mol. The molecule has 1 unspecified atom stereocenters. The summed E-state index contributed by atoms with van der Waals surface area (Å²) < 4.78 is 0. The van der Waals surface area contributed by atoms with Gasteiger partial charge in [0, 0.05) is 12.6 Å². The highest BCUT2D eigenvalue weighted by molar-refractivity contribution is 7.16. The second-order valence-corrected chi connectivity index (χ2v) is 5.37. The van der Waals surface area contributed by atoms with Gasteiger partial charge in [0.05, 0.1) is 18.8 Å². The first-order valence-corrected chi connectivity index (χ1v) is 6.84. The van der Waals surface area contributed by atoms with E-state index in [1.807, 2.05) is 30.3 Å². The van der Waals surface area contributed by atoms with Gasteiger partial charge in [-0.15, -0.1) is 11.3 Å². The zero-order valence-corrected chi connectivity index (χ0v) is 11.7. The number of thiazole rings is 1. The van der Waals surface area contributed by atoms with Crippen LogP contribution in [0.4, 0.5) is 0 Å². The van der Waals surface area contributed by atoms with Crippen molar-refractivity contribution < 1.29 is 9.90 Å². The third-order valence-electron chi connectivity index (χ3n) is 2.98. The van der Waals surface area contributed by atoms with Gasteiger partial charge in [-0.05, 0) is 6.92 Å². The van der Waals surface area contributed by atoms with E-state index < -0.39 is 0 Å². The van der Waals surface area contributed by atoms with Gasteiger partial charge < -0.3 is 10.0 Å². The molecule has 1 amide bonds. The van der Waals surface area contributed by atoms with E-state index in [-0.39, 0.29) is 18.6 Å². The molecule has 0 saturated carbocycles. The Balaban J connectivity index is 2.20.